The van der Waals surface area contributed by atoms with E-state index in [1.54, 1.807) is 0 Å². The molecule has 0 aromatic heterocycles. The molecule has 18 heavy (non-hydrogen) atoms. The Morgan fingerprint density at radius 3 is 3.00 bits per heavy atom. The number of halogens is 2. The van der Waals surface area contributed by atoms with Crippen LogP contribution in [-0.2, 0) is 0 Å². The van der Waals surface area contributed by atoms with Gasteiger partial charge in [0.2, 0.25) is 0 Å². The largest absolute Gasteiger partial charge is 0.314 e. The maximum absolute atomic E-state index is 6.23. The van der Waals surface area contributed by atoms with Crippen LogP contribution in [0.4, 0.5) is 0 Å². The van der Waals surface area contributed by atoms with Crippen molar-refractivity contribution in [2.75, 3.05) is 6.54 Å². The summed E-state index contributed by atoms with van der Waals surface area (Å²) in [6, 6.07) is 6.68. The second kappa shape index (κ2) is 6.74. The van der Waals surface area contributed by atoms with E-state index < -0.39 is 0 Å². The first-order valence-corrected chi connectivity index (χ1v) is 7.68. The van der Waals surface area contributed by atoms with Gasteiger partial charge in [0, 0.05) is 15.5 Å². The first kappa shape index (κ1) is 14.1. The van der Waals surface area contributed by atoms with Crippen molar-refractivity contribution >= 4 is 33.6 Å². The van der Waals surface area contributed by atoms with E-state index in [1.165, 1.54) is 24.8 Å². The zero-order valence-electron chi connectivity index (χ0n) is 10.7. The number of hydrogen-bond acceptors (Lipinski definition) is 1. The monoisotopic (exact) mass is 327 g/mol. The molecular formula is C15H19BrClN. The summed E-state index contributed by atoms with van der Waals surface area (Å²) < 4.78 is 1.02. The molecule has 3 heteroatoms. The van der Waals surface area contributed by atoms with Gasteiger partial charge >= 0.3 is 0 Å². The minimum atomic E-state index is 0.643. The van der Waals surface area contributed by atoms with Gasteiger partial charge < -0.3 is 5.32 Å². The summed E-state index contributed by atoms with van der Waals surface area (Å²) in [5.74, 6) is 0. The second-order valence-corrected chi connectivity index (χ2v) is 6.33. The lowest BCUT2D eigenvalue weighted by Crippen LogP contribution is -2.33. The second-order valence-electron chi connectivity index (χ2n) is 5.01. The molecule has 1 atom stereocenters. The van der Waals surface area contributed by atoms with E-state index in [9.17, 15) is 0 Å². The molecule has 1 saturated heterocycles. The van der Waals surface area contributed by atoms with Crippen molar-refractivity contribution in [1.29, 1.82) is 0 Å². The van der Waals surface area contributed by atoms with Gasteiger partial charge in [0.15, 0.2) is 0 Å². The SMILES string of the molecule is C/C(=C/c1ccc(Br)cc1Cl)CC1CCCCN1. The van der Waals surface area contributed by atoms with E-state index >= 15 is 0 Å². The van der Waals surface area contributed by atoms with Gasteiger partial charge in [-0.2, -0.15) is 0 Å². The number of piperidine rings is 1. The van der Waals surface area contributed by atoms with Gasteiger partial charge in [-0.25, -0.2) is 0 Å². The molecule has 1 fully saturated rings. The van der Waals surface area contributed by atoms with Crippen molar-refractivity contribution in [1.82, 2.24) is 5.32 Å². The summed E-state index contributed by atoms with van der Waals surface area (Å²) in [7, 11) is 0. The third-order valence-electron chi connectivity index (χ3n) is 3.35. The number of hydrogen-bond donors (Lipinski definition) is 1. The van der Waals surface area contributed by atoms with Crippen molar-refractivity contribution in [3.8, 4) is 0 Å². The fourth-order valence-corrected chi connectivity index (χ4v) is 3.16. The smallest absolute Gasteiger partial charge is 0.0489 e. The van der Waals surface area contributed by atoms with E-state index in [4.69, 9.17) is 11.6 Å². The fourth-order valence-electron chi connectivity index (χ4n) is 2.43. The predicted octanol–water partition coefficient (Wildman–Crippen LogP) is 5.04. The lowest BCUT2D eigenvalue weighted by Gasteiger charge is -2.23. The Morgan fingerprint density at radius 1 is 1.50 bits per heavy atom. The molecule has 1 N–H and O–H groups in total. The number of rotatable bonds is 3. The zero-order chi connectivity index (χ0) is 13.0. The summed E-state index contributed by atoms with van der Waals surface area (Å²) in [4.78, 5) is 0. The molecule has 0 radical (unpaired) electrons. The lowest BCUT2D eigenvalue weighted by atomic mass is 9.97. The molecule has 0 amide bonds. The van der Waals surface area contributed by atoms with Gasteiger partial charge in [-0.15, -0.1) is 0 Å². The van der Waals surface area contributed by atoms with E-state index in [2.05, 4.69) is 40.3 Å². The maximum Gasteiger partial charge on any atom is 0.0489 e. The average Bonchev–Trinajstić information content (AvgIpc) is 2.34. The summed E-state index contributed by atoms with van der Waals surface area (Å²) in [6.45, 7) is 3.35. The average molecular weight is 329 g/mol. The van der Waals surface area contributed by atoms with Gasteiger partial charge in [-0.1, -0.05) is 51.7 Å². The van der Waals surface area contributed by atoms with Gasteiger partial charge in [0.25, 0.3) is 0 Å². The van der Waals surface area contributed by atoms with E-state index in [-0.39, 0.29) is 0 Å². The highest BCUT2D eigenvalue weighted by molar-refractivity contribution is 9.10. The minimum absolute atomic E-state index is 0.643. The third kappa shape index (κ3) is 4.11. The van der Waals surface area contributed by atoms with Crippen molar-refractivity contribution in [2.45, 2.75) is 38.6 Å². The van der Waals surface area contributed by atoms with Crippen LogP contribution in [-0.4, -0.2) is 12.6 Å². The topological polar surface area (TPSA) is 12.0 Å². The molecule has 2 rings (SSSR count). The molecular weight excluding hydrogens is 310 g/mol. The highest BCUT2D eigenvalue weighted by Crippen LogP contribution is 2.25. The summed E-state index contributed by atoms with van der Waals surface area (Å²) in [5, 5.41) is 4.38. The van der Waals surface area contributed by atoms with Crippen LogP contribution in [0, 0.1) is 0 Å². The van der Waals surface area contributed by atoms with Crippen LogP contribution in [0.15, 0.2) is 28.2 Å². The molecule has 98 valence electrons. The molecule has 1 unspecified atom stereocenters. The van der Waals surface area contributed by atoms with Crippen molar-refractivity contribution in [3.05, 3.63) is 38.8 Å². The molecule has 0 aliphatic carbocycles. The van der Waals surface area contributed by atoms with Crippen LogP contribution in [0.5, 0.6) is 0 Å². The standard InChI is InChI=1S/C15H19BrClN/c1-11(9-14-4-2-3-7-18-14)8-12-5-6-13(16)10-15(12)17/h5-6,8,10,14,18H,2-4,7,9H2,1H3/b11-8-. The van der Waals surface area contributed by atoms with Crippen LogP contribution >= 0.6 is 27.5 Å². The van der Waals surface area contributed by atoms with Crippen LogP contribution in [0.25, 0.3) is 6.08 Å². The Morgan fingerprint density at radius 2 is 2.33 bits per heavy atom. The Bertz CT molecular complexity index is 436. The quantitative estimate of drug-likeness (QED) is 0.820. The Kier molecular flexibility index (Phi) is 5.28. The highest BCUT2D eigenvalue weighted by atomic mass is 79.9. The maximum atomic E-state index is 6.23. The summed E-state index contributed by atoms with van der Waals surface area (Å²) in [6.07, 6.45) is 7.28. The molecule has 1 aliphatic heterocycles. The van der Waals surface area contributed by atoms with Gasteiger partial charge in [-0.05, 0) is 50.4 Å². The van der Waals surface area contributed by atoms with E-state index in [1.807, 2.05) is 12.1 Å². The van der Waals surface area contributed by atoms with Crippen LogP contribution in [0.3, 0.4) is 0 Å². The zero-order valence-corrected chi connectivity index (χ0v) is 13.0. The molecule has 1 nitrogen and oxygen atoms in total. The number of benzene rings is 1. The molecule has 1 aromatic carbocycles. The van der Waals surface area contributed by atoms with Crippen molar-refractivity contribution in [2.24, 2.45) is 0 Å². The predicted molar refractivity (Wildman–Crippen MR) is 83.1 cm³/mol. The molecule has 1 aliphatic rings. The van der Waals surface area contributed by atoms with Gasteiger partial charge in [-0.3, -0.25) is 0 Å². The minimum Gasteiger partial charge on any atom is -0.314 e. The van der Waals surface area contributed by atoms with Gasteiger partial charge in [0.1, 0.15) is 0 Å². The van der Waals surface area contributed by atoms with E-state index in [0.717, 1.165) is 28.0 Å². The van der Waals surface area contributed by atoms with E-state index in [0.29, 0.717) is 6.04 Å². The Balaban J connectivity index is 2.02. The Labute approximate surface area is 123 Å². The van der Waals surface area contributed by atoms with Crippen LogP contribution in [0.1, 0.15) is 38.2 Å². The fraction of sp³-hybridized carbons (Fsp3) is 0.467. The molecule has 0 spiro atoms. The Hall–Kier alpha value is -0.310. The highest BCUT2D eigenvalue weighted by Gasteiger charge is 2.12. The normalized spacial score (nSPS) is 21.1. The number of nitrogens with one attached hydrogen (secondary N) is 1. The van der Waals surface area contributed by atoms with Crippen molar-refractivity contribution in [3.63, 3.8) is 0 Å². The van der Waals surface area contributed by atoms with Gasteiger partial charge in [0.05, 0.1) is 0 Å². The van der Waals surface area contributed by atoms with Crippen molar-refractivity contribution < 1.29 is 0 Å². The summed E-state index contributed by atoms with van der Waals surface area (Å²) >= 11 is 9.65. The third-order valence-corrected chi connectivity index (χ3v) is 4.17. The first-order valence-electron chi connectivity index (χ1n) is 6.51. The summed E-state index contributed by atoms with van der Waals surface area (Å²) in [5.41, 5.74) is 2.49. The molecule has 0 bridgehead atoms. The molecule has 1 aromatic rings. The first-order chi connectivity index (χ1) is 8.65. The van der Waals surface area contributed by atoms with Crippen LogP contribution < -0.4 is 5.32 Å². The molecule has 0 saturated carbocycles. The lowest BCUT2D eigenvalue weighted by molar-refractivity contribution is 0.399. The molecule has 1 heterocycles. The van der Waals surface area contributed by atoms with Crippen LogP contribution in [0.2, 0.25) is 5.02 Å².